The molecule has 0 bridgehead atoms. The molecule has 3 heterocycles. The summed E-state index contributed by atoms with van der Waals surface area (Å²) in [7, 11) is 0. The lowest BCUT2D eigenvalue weighted by atomic mass is 9.92. The quantitative estimate of drug-likeness (QED) is 0.742. The molecule has 0 spiro atoms. The third-order valence-electron chi connectivity index (χ3n) is 3.56. The molecule has 0 radical (unpaired) electrons. The summed E-state index contributed by atoms with van der Waals surface area (Å²) in [5, 5.41) is 4.67. The summed E-state index contributed by atoms with van der Waals surface area (Å²) in [6.07, 6.45) is 9.49. The summed E-state index contributed by atoms with van der Waals surface area (Å²) in [5.41, 5.74) is 2.09. The molecule has 21 heavy (non-hydrogen) atoms. The van der Waals surface area contributed by atoms with Crippen molar-refractivity contribution in [3.05, 3.63) is 42.4 Å². The largest absolute Gasteiger partial charge is 0.286 e. The van der Waals surface area contributed by atoms with Crippen molar-refractivity contribution >= 4 is 5.52 Å². The molecule has 3 rings (SSSR count). The molecule has 3 aromatic heterocycles. The van der Waals surface area contributed by atoms with E-state index in [1.807, 2.05) is 23.1 Å². The summed E-state index contributed by atoms with van der Waals surface area (Å²) in [5.74, 6) is 1.93. The monoisotopic (exact) mass is 283 g/mol. The van der Waals surface area contributed by atoms with Crippen LogP contribution in [-0.4, -0.2) is 24.1 Å². The predicted molar refractivity (Wildman–Crippen MR) is 82.8 cm³/mol. The fourth-order valence-corrected chi connectivity index (χ4v) is 2.40. The van der Waals surface area contributed by atoms with Gasteiger partial charge in [0.2, 0.25) is 0 Å². The summed E-state index contributed by atoms with van der Waals surface area (Å²) in [6, 6.07) is 2.12. The Morgan fingerprint density at radius 3 is 2.57 bits per heavy atom. The Kier molecular flexibility index (Phi) is 3.27. The number of aromatic nitrogens is 5. The fraction of sp³-hybridized carbons (Fsp3) is 0.438. The first-order valence-corrected chi connectivity index (χ1v) is 7.38. The molecule has 3 aromatic rings. The van der Waals surface area contributed by atoms with Gasteiger partial charge >= 0.3 is 0 Å². The molecule has 0 aromatic carbocycles. The van der Waals surface area contributed by atoms with E-state index in [-0.39, 0.29) is 5.41 Å². The average Bonchev–Trinajstić information content (AvgIpc) is 3.03. The molecule has 5 heteroatoms. The summed E-state index contributed by atoms with van der Waals surface area (Å²) < 4.78 is 3.96. The van der Waals surface area contributed by atoms with Crippen LogP contribution in [0.4, 0.5) is 0 Å². The topological polar surface area (TPSA) is 48.0 Å². The highest BCUT2D eigenvalue weighted by Gasteiger charge is 2.20. The second-order valence-corrected chi connectivity index (χ2v) is 6.32. The van der Waals surface area contributed by atoms with Gasteiger partial charge in [0, 0.05) is 36.6 Å². The highest BCUT2D eigenvalue weighted by molar-refractivity contribution is 5.61. The number of fused-ring (bicyclic) bond motifs is 1. The van der Waals surface area contributed by atoms with Gasteiger partial charge in [0.25, 0.3) is 0 Å². The van der Waals surface area contributed by atoms with E-state index in [0.717, 1.165) is 35.7 Å². The molecule has 0 saturated heterocycles. The Morgan fingerprint density at radius 1 is 1.10 bits per heavy atom. The number of hydrogen-bond donors (Lipinski definition) is 0. The van der Waals surface area contributed by atoms with Crippen LogP contribution in [0.15, 0.2) is 30.9 Å². The molecule has 0 atom stereocenters. The minimum Gasteiger partial charge on any atom is -0.286 e. The van der Waals surface area contributed by atoms with Crippen LogP contribution >= 0.6 is 0 Å². The Bertz CT molecular complexity index is 760. The van der Waals surface area contributed by atoms with E-state index in [0.29, 0.717) is 0 Å². The van der Waals surface area contributed by atoms with E-state index in [1.54, 1.807) is 6.20 Å². The van der Waals surface area contributed by atoms with Crippen molar-refractivity contribution in [2.24, 2.45) is 0 Å². The first-order chi connectivity index (χ1) is 10.0. The molecule has 5 nitrogen and oxygen atoms in total. The van der Waals surface area contributed by atoms with Crippen molar-refractivity contribution in [2.45, 2.75) is 46.0 Å². The highest BCUT2D eigenvalue weighted by Crippen LogP contribution is 2.24. The van der Waals surface area contributed by atoms with Gasteiger partial charge in [-0.15, -0.1) is 0 Å². The molecule has 0 aliphatic rings. The molecule has 110 valence electrons. The zero-order valence-electron chi connectivity index (χ0n) is 13.0. The second kappa shape index (κ2) is 4.98. The molecular weight excluding hydrogens is 262 g/mol. The zero-order chi connectivity index (χ0) is 15.0. The van der Waals surface area contributed by atoms with E-state index in [4.69, 9.17) is 0 Å². The van der Waals surface area contributed by atoms with Gasteiger partial charge < -0.3 is 0 Å². The maximum atomic E-state index is 4.67. The third kappa shape index (κ3) is 2.44. The van der Waals surface area contributed by atoms with Gasteiger partial charge in [0.05, 0.1) is 5.69 Å². The Morgan fingerprint density at radius 2 is 1.86 bits per heavy atom. The van der Waals surface area contributed by atoms with Crippen molar-refractivity contribution < 1.29 is 0 Å². The van der Waals surface area contributed by atoms with Crippen LogP contribution in [0.2, 0.25) is 0 Å². The minimum atomic E-state index is 0.0183. The standard InChI is InChI=1S/C16H21N5/c1-5-6-14-17-7-9-20(14)15-12-11-13(16(2,3)4)19-21(12)10-8-18-15/h7-11H,5-6H2,1-4H3. The molecule has 0 aliphatic heterocycles. The summed E-state index contributed by atoms with van der Waals surface area (Å²) >= 11 is 0. The van der Waals surface area contributed by atoms with Crippen molar-refractivity contribution in [3.8, 4) is 5.82 Å². The van der Waals surface area contributed by atoms with Gasteiger partial charge in [0.1, 0.15) is 11.3 Å². The van der Waals surface area contributed by atoms with Gasteiger partial charge in [-0.1, -0.05) is 27.7 Å². The van der Waals surface area contributed by atoms with E-state index in [9.17, 15) is 0 Å². The SMILES string of the molecule is CCCc1nccn1-c1nccn2nc(C(C)(C)C)cc12. The maximum absolute atomic E-state index is 4.67. The Balaban J connectivity index is 2.19. The van der Waals surface area contributed by atoms with Crippen molar-refractivity contribution in [1.29, 1.82) is 0 Å². The van der Waals surface area contributed by atoms with Gasteiger partial charge in [-0.05, 0) is 12.5 Å². The number of rotatable bonds is 3. The van der Waals surface area contributed by atoms with Crippen LogP contribution in [0.5, 0.6) is 0 Å². The lowest BCUT2D eigenvalue weighted by Gasteiger charge is -2.13. The normalized spacial score (nSPS) is 12.2. The second-order valence-electron chi connectivity index (χ2n) is 6.32. The van der Waals surface area contributed by atoms with E-state index in [2.05, 4.69) is 53.4 Å². The molecule has 0 aliphatic carbocycles. The number of nitrogens with zero attached hydrogens (tertiary/aromatic N) is 5. The average molecular weight is 283 g/mol. The minimum absolute atomic E-state index is 0.0183. The van der Waals surface area contributed by atoms with E-state index < -0.39 is 0 Å². The number of imidazole rings is 1. The van der Waals surface area contributed by atoms with Crippen LogP contribution in [-0.2, 0) is 11.8 Å². The number of hydrogen-bond acceptors (Lipinski definition) is 3. The van der Waals surface area contributed by atoms with Crippen molar-refractivity contribution in [2.75, 3.05) is 0 Å². The summed E-state index contributed by atoms with van der Waals surface area (Å²) in [6.45, 7) is 8.66. The Labute approximate surface area is 124 Å². The molecular formula is C16H21N5. The fourth-order valence-electron chi connectivity index (χ4n) is 2.40. The summed E-state index contributed by atoms with van der Waals surface area (Å²) in [4.78, 5) is 8.99. The first kappa shape index (κ1) is 13.8. The molecule has 0 saturated carbocycles. The molecule has 0 amide bonds. The lowest BCUT2D eigenvalue weighted by Crippen LogP contribution is -2.11. The zero-order valence-corrected chi connectivity index (χ0v) is 13.0. The maximum Gasteiger partial charge on any atom is 0.164 e. The smallest absolute Gasteiger partial charge is 0.164 e. The van der Waals surface area contributed by atoms with Crippen molar-refractivity contribution in [1.82, 2.24) is 24.1 Å². The number of aryl methyl sites for hydroxylation is 1. The van der Waals surface area contributed by atoms with Crippen LogP contribution < -0.4 is 0 Å². The van der Waals surface area contributed by atoms with Crippen LogP contribution in [0.25, 0.3) is 11.3 Å². The van der Waals surface area contributed by atoms with Crippen LogP contribution in [0.1, 0.15) is 45.6 Å². The van der Waals surface area contributed by atoms with Crippen molar-refractivity contribution in [3.63, 3.8) is 0 Å². The predicted octanol–water partition coefficient (Wildman–Crippen LogP) is 3.17. The molecule has 0 unspecified atom stereocenters. The van der Waals surface area contributed by atoms with Gasteiger partial charge in [-0.3, -0.25) is 4.57 Å². The first-order valence-electron chi connectivity index (χ1n) is 7.38. The van der Waals surface area contributed by atoms with E-state index >= 15 is 0 Å². The van der Waals surface area contributed by atoms with Gasteiger partial charge in [-0.25, -0.2) is 14.5 Å². The molecule has 0 fully saturated rings. The van der Waals surface area contributed by atoms with Crippen LogP contribution in [0.3, 0.4) is 0 Å². The third-order valence-corrected chi connectivity index (χ3v) is 3.56. The molecule has 0 N–H and O–H groups in total. The van der Waals surface area contributed by atoms with E-state index in [1.165, 1.54) is 0 Å². The highest BCUT2D eigenvalue weighted by atomic mass is 15.3. The van der Waals surface area contributed by atoms with Crippen LogP contribution in [0, 0.1) is 0 Å². The van der Waals surface area contributed by atoms with Gasteiger partial charge in [0.15, 0.2) is 5.82 Å². The van der Waals surface area contributed by atoms with Gasteiger partial charge in [-0.2, -0.15) is 5.10 Å². The Hall–Kier alpha value is -2.17. The lowest BCUT2D eigenvalue weighted by molar-refractivity contribution is 0.562.